The Morgan fingerprint density at radius 2 is 1.77 bits per heavy atom. The highest BCUT2D eigenvalue weighted by molar-refractivity contribution is 5.91. The van der Waals surface area contributed by atoms with Crippen LogP contribution in [0.3, 0.4) is 0 Å². The molecule has 0 aliphatic heterocycles. The Kier molecular flexibility index (Phi) is 9.29. The van der Waals surface area contributed by atoms with Crippen LogP contribution in [0, 0.1) is 12.8 Å². The average Bonchev–Trinajstić information content (AvgIpc) is 2.62. The number of carbonyl (C=O) groups excluding carboxylic acids is 3. The Morgan fingerprint density at radius 1 is 1.13 bits per heavy atom. The first-order valence-electron chi connectivity index (χ1n) is 10.0. The molecule has 0 heterocycles. The van der Waals surface area contributed by atoms with Crippen LogP contribution in [-0.4, -0.2) is 54.8 Å². The van der Waals surface area contributed by atoms with E-state index >= 15 is 0 Å². The molecular formula is C22H35N3O5. The molecule has 1 aromatic rings. The van der Waals surface area contributed by atoms with Crippen molar-refractivity contribution in [2.45, 2.75) is 65.6 Å². The molecule has 168 valence electrons. The van der Waals surface area contributed by atoms with Gasteiger partial charge in [-0.05, 0) is 39.2 Å². The van der Waals surface area contributed by atoms with E-state index in [4.69, 9.17) is 9.57 Å². The normalized spacial score (nSPS) is 13.4. The second kappa shape index (κ2) is 11.0. The molecule has 1 aromatic carbocycles. The molecule has 8 nitrogen and oxygen atoms in total. The molecule has 0 aromatic heterocycles. The first-order valence-corrected chi connectivity index (χ1v) is 10.0. The van der Waals surface area contributed by atoms with Gasteiger partial charge in [-0.15, -0.1) is 0 Å². The molecule has 0 saturated heterocycles. The number of alkyl carbamates (subject to hydrolysis) is 1. The van der Waals surface area contributed by atoms with E-state index in [-0.39, 0.29) is 18.2 Å². The monoisotopic (exact) mass is 421 g/mol. The molecule has 2 N–H and O–H groups in total. The summed E-state index contributed by atoms with van der Waals surface area (Å²) in [6.45, 7) is 10.8. The topological polar surface area (TPSA) is 97.0 Å². The third-order valence-corrected chi connectivity index (χ3v) is 4.34. The lowest BCUT2D eigenvalue weighted by Crippen LogP contribution is -2.56. The van der Waals surface area contributed by atoms with E-state index in [1.54, 1.807) is 20.8 Å². The van der Waals surface area contributed by atoms with Crippen LogP contribution in [-0.2, 0) is 25.6 Å². The number of benzene rings is 1. The lowest BCUT2D eigenvalue weighted by Gasteiger charge is -2.28. The largest absolute Gasteiger partial charge is 0.444 e. The van der Waals surface area contributed by atoms with Crippen molar-refractivity contribution in [3.05, 3.63) is 35.4 Å². The van der Waals surface area contributed by atoms with Gasteiger partial charge < -0.3 is 15.4 Å². The standard InChI is InChI=1S/C22H35N3O5/c1-14(2)18(20(27)25(7)29-8)24-19(26)17(23-21(28)30-22(4,5)6)13-16-11-9-10-15(3)12-16/h9-12,14,17-18H,13H2,1-8H3,(H,23,28)(H,24,26). The van der Waals surface area contributed by atoms with Crippen molar-refractivity contribution in [2.75, 3.05) is 14.2 Å². The van der Waals surface area contributed by atoms with Crippen molar-refractivity contribution in [3.63, 3.8) is 0 Å². The summed E-state index contributed by atoms with van der Waals surface area (Å²) >= 11 is 0. The van der Waals surface area contributed by atoms with E-state index in [0.29, 0.717) is 0 Å². The number of ether oxygens (including phenoxy) is 1. The third kappa shape index (κ3) is 8.41. The molecule has 2 unspecified atom stereocenters. The Bertz CT molecular complexity index is 743. The summed E-state index contributed by atoms with van der Waals surface area (Å²) < 4.78 is 5.31. The summed E-state index contributed by atoms with van der Waals surface area (Å²) in [6.07, 6.45) is -0.442. The number of carbonyl (C=O) groups is 3. The fourth-order valence-corrected chi connectivity index (χ4v) is 2.79. The molecule has 0 aliphatic rings. The van der Waals surface area contributed by atoms with Crippen LogP contribution in [0.25, 0.3) is 0 Å². The van der Waals surface area contributed by atoms with Gasteiger partial charge in [-0.25, -0.2) is 9.86 Å². The van der Waals surface area contributed by atoms with E-state index in [1.165, 1.54) is 14.2 Å². The summed E-state index contributed by atoms with van der Waals surface area (Å²) in [5.41, 5.74) is 1.22. The summed E-state index contributed by atoms with van der Waals surface area (Å²) in [7, 11) is 2.86. The zero-order chi connectivity index (χ0) is 23.1. The fourth-order valence-electron chi connectivity index (χ4n) is 2.79. The van der Waals surface area contributed by atoms with Crippen molar-refractivity contribution in [3.8, 4) is 0 Å². The van der Waals surface area contributed by atoms with Gasteiger partial charge in [-0.1, -0.05) is 43.7 Å². The molecule has 0 saturated carbocycles. The van der Waals surface area contributed by atoms with Gasteiger partial charge in [-0.3, -0.25) is 14.4 Å². The van der Waals surface area contributed by atoms with Gasteiger partial charge >= 0.3 is 6.09 Å². The molecule has 0 bridgehead atoms. The number of rotatable bonds is 8. The van der Waals surface area contributed by atoms with Crippen LogP contribution in [0.15, 0.2) is 24.3 Å². The Labute approximate surface area is 179 Å². The van der Waals surface area contributed by atoms with Crippen LogP contribution in [0.4, 0.5) is 4.79 Å². The van der Waals surface area contributed by atoms with Crippen molar-refractivity contribution < 1.29 is 24.0 Å². The zero-order valence-electron chi connectivity index (χ0n) is 19.2. The van der Waals surface area contributed by atoms with E-state index in [0.717, 1.165) is 16.2 Å². The van der Waals surface area contributed by atoms with Gasteiger partial charge in [0.1, 0.15) is 17.7 Å². The molecule has 1 rings (SSSR count). The van der Waals surface area contributed by atoms with Crippen LogP contribution in [0.5, 0.6) is 0 Å². The van der Waals surface area contributed by atoms with E-state index in [2.05, 4.69) is 10.6 Å². The maximum atomic E-state index is 13.1. The van der Waals surface area contributed by atoms with Crippen molar-refractivity contribution in [2.24, 2.45) is 5.92 Å². The summed E-state index contributed by atoms with van der Waals surface area (Å²) in [5, 5.41) is 6.46. The summed E-state index contributed by atoms with van der Waals surface area (Å²) in [6, 6.07) is 5.95. The SMILES string of the molecule is CON(C)C(=O)C(NC(=O)C(Cc1cccc(C)c1)NC(=O)OC(C)(C)C)C(C)C. The van der Waals surface area contributed by atoms with Gasteiger partial charge in [0.15, 0.2) is 0 Å². The third-order valence-electron chi connectivity index (χ3n) is 4.34. The molecular weight excluding hydrogens is 386 g/mol. The smallest absolute Gasteiger partial charge is 0.408 e. The predicted molar refractivity (Wildman–Crippen MR) is 115 cm³/mol. The number of hydrogen-bond acceptors (Lipinski definition) is 5. The zero-order valence-corrected chi connectivity index (χ0v) is 19.2. The lowest BCUT2D eigenvalue weighted by atomic mass is 10.0. The van der Waals surface area contributed by atoms with Crippen LogP contribution >= 0.6 is 0 Å². The average molecular weight is 422 g/mol. The number of nitrogens with one attached hydrogen (secondary N) is 2. The van der Waals surface area contributed by atoms with E-state index in [1.807, 2.05) is 45.0 Å². The van der Waals surface area contributed by atoms with E-state index < -0.39 is 29.7 Å². The van der Waals surface area contributed by atoms with Gasteiger partial charge in [0, 0.05) is 13.5 Å². The van der Waals surface area contributed by atoms with Crippen LogP contribution in [0.1, 0.15) is 45.7 Å². The summed E-state index contributed by atoms with van der Waals surface area (Å²) in [5.74, 6) is -1.04. The molecule has 8 heteroatoms. The predicted octanol–water partition coefficient (Wildman–Crippen LogP) is 2.59. The second-order valence-corrected chi connectivity index (χ2v) is 8.64. The van der Waals surface area contributed by atoms with Gasteiger partial charge in [0.25, 0.3) is 5.91 Å². The maximum Gasteiger partial charge on any atom is 0.408 e. The van der Waals surface area contributed by atoms with Gasteiger partial charge in [0.05, 0.1) is 7.11 Å². The number of hydrogen-bond donors (Lipinski definition) is 2. The van der Waals surface area contributed by atoms with Crippen LogP contribution < -0.4 is 10.6 Å². The quantitative estimate of drug-likeness (QED) is 0.629. The number of hydroxylamine groups is 2. The number of aryl methyl sites for hydroxylation is 1. The maximum absolute atomic E-state index is 13.1. The molecule has 0 radical (unpaired) electrons. The summed E-state index contributed by atoms with van der Waals surface area (Å²) in [4.78, 5) is 42.9. The minimum Gasteiger partial charge on any atom is -0.444 e. The molecule has 30 heavy (non-hydrogen) atoms. The number of amides is 3. The number of likely N-dealkylation sites (N-methyl/N-ethyl adjacent to an activating group) is 1. The Balaban J connectivity index is 3.07. The fraction of sp³-hybridized carbons (Fsp3) is 0.591. The minimum atomic E-state index is -0.913. The lowest BCUT2D eigenvalue weighted by molar-refractivity contribution is -0.172. The molecule has 2 atom stereocenters. The minimum absolute atomic E-state index is 0.180. The highest BCUT2D eigenvalue weighted by Crippen LogP contribution is 2.12. The van der Waals surface area contributed by atoms with E-state index in [9.17, 15) is 14.4 Å². The van der Waals surface area contributed by atoms with Gasteiger partial charge in [-0.2, -0.15) is 0 Å². The van der Waals surface area contributed by atoms with Gasteiger partial charge in [0.2, 0.25) is 5.91 Å². The molecule has 0 fully saturated rings. The van der Waals surface area contributed by atoms with Crippen molar-refractivity contribution in [1.82, 2.24) is 15.7 Å². The molecule has 0 aliphatic carbocycles. The Hall–Kier alpha value is -2.61. The highest BCUT2D eigenvalue weighted by atomic mass is 16.7. The number of nitrogens with zero attached hydrogens (tertiary/aromatic N) is 1. The second-order valence-electron chi connectivity index (χ2n) is 8.64. The first kappa shape index (κ1) is 25.4. The van der Waals surface area contributed by atoms with Crippen LogP contribution in [0.2, 0.25) is 0 Å². The van der Waals surface area contributed by atoms with Crippen molar-refractivity contribution >= 4 is 17.9 Å². The first-order chi connectivity index (χ1) is 13.8. The van der Waals surface area contributed by atoms with Crippen molar-refractivity contribution in [1.29, 1.82) is 0 Å². The Morgan fingerprint density at radius 3 is 2.27 bits per heavy atom. The molecule has 3 amide bonds. The highest BCUT2D eigenvalue weighted by Gasteiger charge is 2.31. The molecule has 0 spiro atoms.